The van der Waals surface area contributed by atoms with Gasteiger partial charge in [0.05, 0.1) is 25.4 Å². The second kappa shape index (κ2) is 6.70. The Morgan fingerprint density at radius 1 is 1.47 bits per heavy atom. The van der Waals surface area contributed by atoms with Crippen molar-refractivity contribution in [2.75, 3.05) is 20.7 Å². The molecule has 1 aromatic heterocycles. The lowest BCUT2D eigenvalue weighted by atomic mass is 9.96. The van der Waals surface area contributed by atoms with Gasteiger partial charge in [-0.3, -0.25) is 14.4 Å². The Hall–Kier alpha value is -1.36. The lowest BCUT2D eigenvalue weighted by Crippen LogP contribution is -2.26. The minimum atomic E-state index is -0.214. The standard InChI is InChI=1S/C14H23N3O2/c1-16(11-14(18)19-2)10-12-8-9-17(15-12)13-6-4-3-5-7-13/h8-9,13H,3-7,10-11H2,1-2H3. The van der Waals surface area contributed by atoms with E-state index in [2.05, 4.69) is 20.7 Å². The van der Waals surface area contributed by atoms with Crippen molar-refractivity contribution >= 4 is 5.97 Å². The molecule has 0 atom stereocenters. The SMILES string of the molecule is COC(=O)CN(C)Cc1ccn(C2CCCCC2)n1. The van der Waals surface area contributed by atoms with E-state index >= 15 is 0 Å². The molecule has 0 aliphatic heterocycles. The quantitative estimate of drug-likeness (QED) is 0.764. The summed E-state index contributed by atoms with van der Waals surface area (Å²) in [6.07, 6.45) is 8.51. The number of likely N-dealkylation sites (N-methyl/N-ethyl adjacent to an activating group) is 1. The smallest absolute Gasteiger partial charge is 0.319 e. The Labute approximate surface area is 114 Å². The van der Waals surface area contributed by atoms with Gasteiger partial charge < -0.3 is 4.74 Å². The molecular formula is C14H23N3O2. The van der Waals surface area contributed by atoms with E-state index in [9.17, 15) is 4.79 Å². The molecule has 5 nitrogen and oxygen atoms in total. The van der Waals surface area contributed by atoms with E-state index in [1.165, 1.54) is 39.2 Å². The van der Waals surface area contributed by atoms with Crippen LogP contribution in [0.2, 0.25) is 0 Å². The zero-order valence-electron chi connectivity index (χ0n) is 11.8. The maximum absolute atomic E-state index is 11.2. The topological polar surface area (TPSA) is 47.4 Å². The minimum absolute atomic E-state index is 0.214. The molecule has 1 fully saturated rings. The van der Waals surface area contributed by atoms with Crippen LogP contribution in [-0.4, -0.2) is 41.4 Å². The number of methoxy groups -OCH3 is 1. The molecule has 1 aliphatic carbocycles. The zero-order valence-corrected chi connectivity index (χ0v) is 11.8. The summed E-state index contributed by atoms with van der Waals surface area (Å²) < 4.78 is 6.75. The predicted octanol–water partition coefficient (Wildman–Crippen LogP) is 1.99. The lowest BCUT2D eigenvalue weighted by Gasteiger charge is -2.22. The second-order valence-electron chi connectivity index (χ2n) is 5.33. The van der Waals surface area contributed by atoms with Gasteiger partial charge in [0.25, 0.3) is 0 Å². The van der Waals surface area contributed by atoms with Crippen LogP contribution in [0.3, 0.4) is 0 Å². The molecule has 0 saturated heterocycles. The van der Waals surface area contributed by atoms with Crippen molar-refractivity contribution in [3.63, 3.8) is 0 Å². The number of nitrogens with zero attached hydrogens (tertiary/aromatic N) is 3. The van der Waals surface area contributed by atoms with Crippen LogP contribution in [-0.2, 0) is 16.1 Å². The Bertz CT molecular complexity index is 411. The summed E-state index contributed by atoms with van der Waals surface area (Å²) in [4.78, 5) is 13.1. The predicted molar refractivity (Wildman–Crippen MR) is 72.7 cm³/mol. The molecule has 5 heteroatoms. The van der Waals surface area contributed by atoms with Crippen molar-refractivity contribution < 1.29 is 9.53 Å². The Kier molecular flexibility index (Phi) is 4.96. The minimum Gasteiger partial charge on any atom is -0.468 e. The number of ether oxygens (including phenoxy) is 1. The summed E-state index contributed by atoms with van der Waals surface area (Å²) in [7, 11) is 3.31. The van der Waals surface area contributed by atoms with Crippen LogP contribution in [0.4, 0.5) is 0 Å². The number of aromatic nitrogens is 2. The summed E-state index contributed by atoms with van der Waals surface area (Å²) in [6.45, 7) is 0.974. The summed E-state index contributed by atoms with van der Waals surface area (Å²) in [5, 5.41) is 4.63. The first-order valence-electron chi connectivity index (χ1n) is 6.98. The normalized spacial score (nSPS) is 16.8. The molecule has 0 aromatic carbocycles. The number of carbonyl (C=O) groups excluding carboxylic acids is 1. The Morgan fingerprint density at radius 2 is 2.21 bits per heavy atom. The van der Waals surface area contributed by atoms with E-state index in [0.717, 1.165) is 5.69 Å². The molecule has 2 rings (SSSR count). The van der Waals surface area contributed by atoms with Gasteiger partial charge in [0.2, 0.25) is 0 Å². The van der Waals surface area contributed by atoms with Crippen LogP contribution in [0.1, 0.15) is 43.8 Å². The first kappa shape index (κ1) is 14.1. The zero-order chi connectivity index (χ0) is 13.7. The average Bonchev–Trinajstić information content (AvgIpc) is 2.88. The molecule has 1 aromatic rings. The molecule has 19 heavy (non-hydrogen) atoms. The third kappa shape index (κ3) is 4.06. The molecule has 0 spiro atoms. The van der Waals surface area contributed by atoms with Crippen molar-refractivity contribution in [1.82, 2.24) is 14.7 Å². The van der Waals surface area contributed by atoms with E-state index in [1.807, 2.05) is 18.0 Å². The van der Waals surface area contributed by atoms with Crippen molar-refractivity contribution in [2.24, 2.45) is 0 Å². The number of rotatable bonds is 5. The van der Waals surface area contributed by atoms with Gasteiger partial charge in [-0.1, -0.05) is 19.3 Å². The maximum atomic E-state index is 11.2. The Balaban J connectivity index is 1.87. The number of hydrogen-bond donors (Lipinski definition) is 0. The molecular weight excluding hydrogens is 242 g/mol. The Morgan fingerprint density at radius 3 is 2.89 bits per heavy atom. The first-order chi connectivity index (χ1) is 9.19. The fourth-order valence-corrected chi connectivity index (χ4v) is 2.63. The van der Waals surface area contributed by atoms with Crippen LogP contribution in [0, 0.1) is 0 Å². The van der Waals surface area contributed by atoms with Gasteiger partial charge in [-0.15, -0.1) is 0 Å². The lowest BCUT2D eigenvalue weighted by molar-refractivity contribution is -0.141. The van der Waals surface area contributed by atoms with Gasteiger partial charge in [-0.2, -0.15) is 5.10 Å². The average molecular weight is 265 g/mol. The van der Waals surface area contributed by atoms with Gasteiger partial charge in [0, 0.05) is 12.7 Å². The molecule has 106 valence electrons. The van der Waals surface area contributed by atoms with Gasteiger partial charge in [0.15, 0.2) is 0 Å². The molecule has 1 saturated carbocycles. The monoisotopic (exact) mass is 265 g/mol. The molecule has 0 bridgehead atoms. The number of esters is 1. The van der Waals surface area contributed by atoms with E-state index in [4.69, 9.17) is 0 Å². The van der Waals surface area contributed by atoms with Gasteiger partial charge in [-0.25, -0.2) is 0 Å². The molecule has 1 aliphatic rings. The third-order valence-corrected chi connectivity index (χ3v) is 3.67. The summed E-state index contributed by atoms with van der Waals surface area (Å²) in [5.74, 6) is -0.214. The fourth-order valence-electron chi connectivity index (χ4n) is 2.63. The van der Waals surface area contributed by atoms with Gasteiger partial charge in [-0.05, 0) is 26.0 Å². The molecule has 0 radical (unpaired) electrons. The van der Waals surface area contributed by atoms with Crippen LogP contribution in [0.15, 0.2) is 12.3 Å². The number of hydrogen-bond acceptors (Lipinski definition) is 4. The van der Waals surface area contributed by atoms with Crippen molar-refractivity contribution in [3.8, 4) is 0 Å². The molecule has 0 unspecified atom stereocenters. The van der Waals surface area contributed by atoms with Crippen molar-refractivity contribution in [2.45, 2.75) is 44.7 Å². The van der Waals surface area contributed by atoms with E-state index in [0.29, 0.717) is 19.1 Å². The highest BCUT2D eigenvalue weighted by Gasteiger charge is 2.16. The van der Waals surface area contributed by atoms with Crippen molar-refractivity contribution in [1.29, 1.82) is 0 Å². The fraction of sp³-hybridized carbons (Fsp3) is 0.714. The summed E-state index contributed by atoms with van der Waals surface area (Å²) >= 11 is 0. The summed E-state index contributed by atoms with van der Waals surface area (Å²) in [6, 6.07) is 2.61. The van der Waals surface area contributed by atoms with E-state index in [1.54, 1.807) is 0 Å². The highest BCUT2D eigenvalue weighted by Crippen LogP contribution is 2.27. The molecule has 0 N–H and O–H groups in total. The van der Waals surface area contributed by atoms with Crippen LogP contribution in [0.5, 0.6) is 0 Å². The van der Waals surface area contributed by atoms with E-state index < -0.39 is 0 Å². The van der Waals surface area contributed by atoms with Crippen LogP contribution >= 0.6 is 0 Å². The maximum Gasteiger partial charge on any atom is 0.319 e. The third-order valence-electron chi connectivity index (χ3n) is 3.67. The largest absolute Gasteiger partial charge is 0.468 e. The summed E-state index contributed by atoms with van der Waals surface area (Å²) in [5.41, 5.74) is 1.01. The number of carbonyl (C=O) groups is 1. The second-order valence-corrected chi connectivity index (χ2v) is 5.33. The first-order valence-corrected chi connectivity index (χ1v) is 6.98. The highest BCUT2D eigenvalue weighted by molar-refractivity contribution is 5.71. The van der Waals surface area contributed by atoms with Crippen molar-refractivity contribution in [3.05, 3.63) is 18.0 Å². The van der Waals surface area contributed by atoms with Crippen LogP contribution < -0.4 is 0 Å². The molecule has 0 amide bonds. The van der Waals surface area contributed by atoms with Gasteiger partial charge >= 0.3 is 5.97 Å². The molecule has 1 heterocycles. The highest BCUT2D eigenvalue weighted by atomic mass is 16.5. The van der Waals surface area contributed by atoms with Gasteiger partial charge in [0.1, 0.15) is 0 Å². The van der Waals surface area contributed by atoms with Crippen LogP contribution in [0.25, 0.3) is 0 Å². The van der Waals surface area contributed by atoms with E-state index in [-0.39, 0.29) is 5.97 Å².